The first-order valence-electron chi connectivity index (χ1n) is 13.5. The van der Waals surface area contributed by atoms with Crippen molar-refractivity contribution in [3.05, 3.63) is 11.1 Å². The molecule has 4 aliphatic carbocycles. The van der Waals surface area contributed by atoms with Crippen molar-refractivity contribution in [1.82, 2.24) is 0 Å². The van der Waals surface area contributed by atoms with Crippen LogP contribution in [0.3, 0.4) is 0 Å². The van der Waals surface area contributed by atoms with Gasteiger partial charge in [-0.2, -0.15) is 0 Å². The van der Waals surface area contributed by atoms with E-state index in [0.717, 1.165) is 41.9 Å². The summed E-state index contributed by atoms with van der Waals surface area (Å²) in [6, 6.07) is 0. The van der Waals surface area contributed by atoms with E-state index in [2.05, 4.69) is 48.5 Å². The van der Waals surface area contributed by atoms with E-state index in [1.165, 1.54) is 57.8 Å². The molecule has 1 heteroatoms. The minimum Gasteiger partial charge on any atom is -0.393 e. The molecule has 4 aliphatic rings. The summed E-state index contributed by atoms with van der Waals surface area (Å²) in [5, 5.41) is 10.5. The Morgan fingerprint density at radius 2 is 1.67 bits per heavy atom. The third kappa shape index (κ3) is 3.54. The molecular weight excluding hydrogens is 364 g/mol. The molecule has 0 aliphatic heterocycles. The highest BCUT2D eigenvalue weighted by molar-refractivity contribution is 5.35. The minimum atomic E-state index is -0.0592. The molecule has 0 saturated heterocycles. The summed E-state index contributed by atoms with van der Waals surface area (Å²) in [5.41, 5.74) is 4.76. The van der Waals surface area contributed by atoms with Crippen LogP contribution in [0.5, 0.6) is 0 Å². The molecule has 30 heavy (non-hydrogen) atoms. The first kappa shape index (κ1) is 22.9. The lowest BCUT2D eigenvalue weighted by Crippen LogP contribution is -2.51. The summed E-state index contributed by atoms with van der Waals surface area (Å²) in [5.74, 6) is 5.47. The molecule has 0 aromatic carbocycles. The van der Waals surface area contributed by atoms with E-state index < -0.39 is 0 Å². The van der Waals surface area contributed by atoms with Crippen molar-refractivity contribution in [1.29, 1.82) is 0 Å². The smallest absolute Gasteiger partial charge is 0.0568 e. The molecule has 0 heterocycles. The standard InChI is InChI=1S/C29H50O/c1-18(2)19(3)8-9-20(4)23-12-13-25-22-10-11-24-21(5)27(30)15-17-29(24,7)26(22)14-16-28(23,25)6/h18-21,23-24,26-27,30H,8-17H2,1-7H3/t19-,20-,21+,23-,24+,26?,27-,28-,29+/m1/s1. The molecule has 9 atom stereocenters. The lowest BCUT2D eigenvalue weighted by Gasteiger charge is -2.58. The van der Waals surface area contributed by atoms with E-state index in [1.54, 1.807) is 0 Å². The van der Waals surface area contributed by atoms with E-state index in [-0.39, 0.29) is 6.10 Å². The van der Waals surface area contributed by atoms with Crippen LogP contribution in [0.2, 0.25) is 0 Å². The van der Waals surface area contributed by atoms with Gasteiger partial charge in [-0.3, -0.25) is 0 Å². The zero-order chi connectivity index (χ0) is 21.8. The minimum absolute atomic E-state index is 0.0592. The predicted octanol–water partition coefficient (Wildman–Crippen LogP) is 8.02. The fraction of sp³-hybridized carbons (Fsp3) is 0.931. The monoisotopic (exact) mass is 414 g/mol. The molecule has 0 radical (unpaired) electrons. The second kappa shape index (κ2) is 8.24. The lowest BCUT2D eigenvalue weighted by molar-refractivity contribution is -0.0779. The van der Waals surface area contributed by atoms with Crippen LogP contribution in [0.15, 0.2) is 11.1 Å². The molecule has 172 valence electrons. The Balaban J connectivity index is 1.55. The highest BCUT2D eigenvalue weighted by Gasteiger charge is 2.56. The van der Waals surface area contributed by atoms with Gasteiger partial charge in [-0.25, -0.2) is 0 Å². The molecule has 0 aromatic rings. The molecule has 3 fully saturated rings. The number of fused-ring (bicyclic) bond motifs is 4. The Hall–Kier alpha value is -0.300. The van der Waals surface area contributed by atoms with Crippen molar-refractivity contribution >= 4 is 0 Å². The number of aliphatic hydroxyl groups is 1. The zero-order valence-electron chi connectivity index (χ0n) is 21.1. The summed E-state index contributed by atoms with van der Waals surface area (Å²) in [6.07, 6.45) is 13.3. The van der Waals surface area contributed by atoms with Gasteiger partial charge >= 0.3 is 0 Å². The molecule has 4 rings (SSSR count). The van der Waals surface area contributed by atoms with Gasteiger partial charge in [0.1, 0.15) is 0 Å². The van der Waals surface area contributed by atoms with Crippen LogP contribution in [-0.4, -0.2) is 11.2 Å². The number of hydrogen-bond acceptors (Lipinski definition) is 1. The molecular formula is C29H50O. The van der Waals surface area contributed by atoms with E-state index in [0.29, 0.717) is 16.7 Å². The average Bonchev–Trinajstić information content (AvgIpc) is 3.06. The third-order valence-corrected chi connectivity index (χ3v) is 11.5. The summed E-state index contributed by atoms with van der Waals surface area (Å²) in [4.78, 5) is 0. The molecule has 1 nitrogen and oxygen atoms in total. The van der Waals surface area contributed by atoms with E-state index in [4.69, 9.17) is 0 Å². The zero-order valence-corrected chi connectivity index (χ0v) is 21.1. The fourth-order valence-electron chi connectivity index (χ4n) is 8.96. The van der Waals surface area contributed by atoms with Gasteiger partial charge in [-0.05, 0) is 104 Å². The highest BCUT2D eigenvalue weighted by Crippen LogP contribution is 2.66. The van der Waals surface area contributed by atoms with Crippen LogP contribution in [0.25, 0.3) is 0 Å². The number of aliphatic hydroxyl groups excluding tert-OH is 1. The van der Waals surface area contributed by atoms with E-state index >= 15 is 0 Å². The lowest BCUT2D eigenvalue weighted by atomic mass is 9.47. The molecule has 0 amide bonds. The largest absolute Gasteiger partial charge is 0.393 e. The number of rotatable bonds is 5. The summed E-state index contributed by atoms with van der Waals surface area (Å²) < 4.78 is 0. The second-order valence-corrected chi connectivity index (χ2v) is 13.0. The maximum atomic E-state index is 10.5. The van der Waals surface area contributed by atoms with Gasteiger partial charge in [0.05, 0.1) is 6.10 Å². The van der Waals surface area contributed by atoms with E-state index in [1.807, 2.05) is 11.1 Å². The first-order valence-corrected chi connectivity index (χ1v) is 13.5. The quantitative estimate of drug-likeness (QED) is 0.451. The van der Waals surface area contributed by atoms with Gasteiger partial charge in [0, 0.05) is 0 Å². The van der Waals surface area contributed by atoms with Crippen molar-refractivity contribution in [2.45, 2.75) is 119 Å². The summed E-state index contributed by atoms with van der Waals surface area (Å²) in [6.45, 7) is 17.4. The molecule has 3 saturated carbocycles. The summed E-state index contributed by atoms with van der Waals surface area (Å²) in [7, 11) is 0. The Labute approximate surface area is 187 Å². The Bertz CT molecular complexity index is 661. The van der Waals surface area contributed by atoms with Crippen LogP contribution < -0.4 is 0 Å². The van der Waals surface area contributed by atoms with Crippen LogP contribution in [0.4, 0.5) is 0 Å². The predicted molar refractivity (Wildman–Crippen MR) is 128 cm³/mol. The molecule has 0 spiro atoms. The second-order valence-electron chi connectivity index (χ2n) is 13.0. The van der Waals surface area contributed by atoms with Crippen LogP contribution in [0.1, 0.15) is 113 Å². The van der Waals surface area contributed by atoms with Crippen LogP contribution in [-0.2, 0) is 0 Å². The number of hydrogen-bond donors (Lipinski definition) is 1. The Kier molecular flexibility index (Phi) is 6.28. The van der Waals surface area contributed by atoms with E-state index in [9.17, 15) is 5.11 Å². The Morgan fingerprint density at radius 3 is 2.37 bits per heavy atom. The summed E-state index contributed by atoms with van der Waals surface area (Å²) >= 11 is 0. The van der Waals surface area contributed by atoms with Crippen molar-refractivity contribution in [2.75, 3.05) is 0 Å². The molecule has 1 N–H and O–H groups in total. The van der Waals surface area contributed by atoms with Crippen molar-refractivity contribution < 1.29 is 5.11 Å². The van der Waals surface area contributed by atoms with Gasteiger partial charge in [0.25, 0.3) is 0 Å². The van der Waals surface area contributed by atoms with Gasteiger partial charge in [-0.1, -0.05) is 72.5 Å². The van der Waals surface area contributed by atoms with Crippen LogP contribution >= 0.6 is 0 Å². The normalized spacial score (nSPS) is 45.7. The van der Waals surface area contributed by atoms with Gasteiger partial charge in [-0.15, -0.1) is 0 Å². The molecule has 1 unspecified atom stereocenters. The third-order valence-electron chi connectivity index (χ3n) is 11.5. The van der Waals surface area contributed by atoms with Crippen molar-refractivity contribution in [3.8, 4) is 0 Å². The van der Waals surface area contributed by atoms with Gasteiger partial charge < -0.3 is 5.11 Å². The SMILES string of the molecule is CC(C)[C@H](C)CC[C@@H](C)[C@H]1CCC2=C3CC[C@H]4[C@H](C)[C@H](O)CC[C@]4(C)C3CC[C@@]21C. The van der Waals surface area contributed by atoms with Crippen molar-refractivity contribution in [2.24, 2.45) is 52.3 Å². The van der Waals surface area contributed by atoms with Gasteiger partial charge in [0.2, 0.25) is 0 Å². The molecule has 0 aromatic heterocycles. The van der Waals surface area contributed by atoms with Gasteiger partial charge in [0.15, 0.2) is 0 Å². The highest BCUT2D eigenvalue weighted by atomic mass is 16.3. The van der Waals surface area contributed by atoms with Crippen molar-refractivity contribution in [3.63, 3.8) is 0 Å². The first-order chi connectivity index (χ1) is 14.1. The maximum Gasteiger partial charge on any atom is 0.0568 e. The average molecular weight is 415 g/mol. The number of allylic oxidation sites excluding steroid dienone is 2. The molecule has 0 bridgehead atoms. The fourth-order valence-corrected chi connectivity index (χ4v) is 8.96. The topological polar surface area (TPSA) is 20.2 Å². The Morgan fingerprint density at radius 1 is 0.933 bits per heavy atom. The maximum absolute atomic E-state index is 10.5. The van der Waals surface area contributed by atoms with Crippen LogP contribution in [0, 0.1) is 52.3 Å².